The molecule has 1 aliphatic rings. The Morgan fingerprint density at radius 1 is 1.36 bits per heavy atom. The standard InChI is InChI=1S/C9H14N2O2S/c10-6-8-5-7-1-3-14(12,13)4-2-9(7)11-8/h5,11H,1-4,6,10H2. The minimum atomic E-state index is -2.83. The second kappa shape index (κ2) is 3.40. The van der Waals surface area contributed by atoms with Gasteiger partial charge in [-0.15, -0.1) is 0 Å². The summed E-state index contributed by atoms with van der Waals surface area (Å²) in [6.07, 6.45) is 1.21. The maximum absolute atomic E-state index is 11.4. The fraction of sp³-hybridized carbons (Fsp3) is 0.556. The van der Waals surface area contributed by atoms with Gasteiger partial charge in [-0.2, -0.15) is 0 Å². The Labute approximate surface area is 83.4 Å². The van der Waals surface area contributed by atoms with Crippen molar-refractivity contribution in [3.05, 3.63) is 23.0 Å². The van der Waals surface area contributed by atoms with Gasteiger partial charge in [0.2, 0.25) is 0 Å². The van der Waals surface area contributed by atoms with E-state index in [9.17, 15) is 8.42 Å². The van der Waals surface area contributed by atoms with Crippen LogP contribution in [-0.2, 0) is 29.2 Å². The van der Waals surface area contributed by atoms with Gasteiger partial charge in [-0.25, -0.2) is 8.42 Å². The number of sulfone groups is 1. The third-order valence-corrected chi connectivity index (χ3v) is 4.27. The predicted octanol–water partition coefficient (Wildman–Crippen LogP) is -0.0132. The minimum Gasteiger partial charge on any atom is -0.361 e. The lowest BCUT2D eigenvalue weighted by Crippen LogP contribution is -2.11. The van der Waals surface area contributed by atoms with Crippen molar-refractivity contribution in [1.82, 2.24) is 4.98 Å². The zero-order valence-electron chi connectivity index (χ0n) is 7.91. The van der Waals surface area contributed by atoms with E-state index in [4.69, 9.17) is 5.73 Å². The number of aromatic nitrogens is 1. The Morgan fingerprint density at radius 2 is 2.07 bits per heavy atom. The maximum atomic E-state index is 11.4. The SMILES string of the molecule is NCc1cc2c([nH]1)CCS(=O)(=O)CC2. The van der Waals surface area contributed by atoms with Crippen LogP contribution in [0.25, 0.3) is 0 Å². The van der Waals surface area contributed by atoms with Crippen LogP contribution < -0.4 is 5.73 Å². The van der Waals surface area contributed by atoms with E-state index < -0.39 is 9.84 Å². The zero-order valence-corrected chi connectivity index (χ0v) is 8.73. The summed E-state index contributed by atoms with van der Waals surface area (Å²) in [7, 11) is -2.83. The van der Waals surface area contributed by atoms with Crippen LogP contribution in [0.2, 0.25) is 0 Å². The summed E-state index contributed by atoms with van der Waals surface area (Å²) in [6.45, 7) is 0.486. The highest BCUT2D eigenvalue weighted by Gasteiger charge is 2.19. The van der Waals surface area contributed by atoms with E-state index >= 15 is 0 Å². The number of aryl methyl sites for hydroxylation is 2. The summed E-state index contributed by atoms with van der Waals surface area (Å²) in [4.78, 5) is 3.17. The van der Waals surface area contributed by atoms with Crippen LogP contribution in [0.5, 0.6) is 0 Å². The second-order valence-corrected chi connectivity index (χ2v) is 5.96. The molecule has 3 N–H and O–H groups in total. The van der Waals surface area contributed by atoms with E-state index in [-0.39, 0.29) is 11.5 Å². The lowest BCUT2D eigenvalue weighted by molar-refractivity contribution is 0.596. The van der Waals surface area contributed by atoms with Gasteiger partial charge in [-0.1, -0.05) is 0 Å². The summed E-state index contributed by atoms with van der Waals surface area (Å²) < 4.78 is 22.7. The number of hydrogen-bond donors (Lipinski definition) is 2. The number of H-pyrrole nitrogens is 1. The maximum Gasteiger partial charge on any atom is 0.151 e. The van der Waals surface area contributed by atoms with E-state index in [1.54, 1.807) is 0 Å². The lowest BCUT2D eigenvalue weighted by Gasteiger charge is -1.96. The van der Waals surface area contributed by atoms with Gasteiger partial charge in [-0.3, -0.25) is 0 Å². The van der Waals surface area contributed by atoms with E-state index in [0.29, 0.717) is 19.4 Å². The fourth-order valence-corrected chi connectivity index (χ4v) is 3.04. The summed E-state index contributed by atoms with van der Waals surface area (Å²) in [5.74, 6) is 0.520. The molecular formula is C9H14N2O2S. The lowest BCUT2D eigenvalue weighted by atomic mass is 10.1. The van der Waals surface area contributed by atoms with Crippen LogP contribution in [0.4, 0.5) is 0 Å². The van der Waals surface area contributed by atoms with Crippen LogP contribution in [0, 0.1) is 0 Å². The molecule has 0 atom stereocenters. The Kier molecular flexibility index (Phi) is 2.36. The average molecular weight is 214 g/mol. The Balaban J connectivity index is 2.30. The molecule has 0 radical (unpaired) electrons. The Hall–Kier alpha value is -0.810. The Bertz CT molecular complexity index is 402. The smallest absolute Gasteiger partial charge is 0.151 e. The van der Waals surface area contributed by atoms with E-state index in [2.05, 4.69) is 4.98 Å². The number of rotatable bonds is 1. The van der Waals surface area contributed by atoms with Gasteiger partial charge < -0.3 is 10.7 Å². The summed E-state index contributed by atoms with van der Waals surface area (Å²) >= 11 is 0. The summed E-state index contributed by atoms with van der Waals surface area (Å²) in [5.41, 5.74) is 8.66. The zero-order chi connectivity index (χ0) is 10.2. The van der Waals surface area contributed by atoms with Gasteiger partial charge >= 0.3 is 0 Å². The molecule has 0 fully saturated rings. The highest BCUT2D eigenvalue weighted by molar-refractivity contribution is 7.91. The fourth-order valence-electron chi connectivity index (χ4n) is 1.79. The molecule has 0 saturated carbocycles. The molecule has 0 spiro atoms. The molecule has 2 rings (SSSR count). The van der Waals surface area contributed by atoms with Gasteiger partial charge in [0.05, 0.1) is 11.5 Å². The van der Waals surface area contributed by atoms with Gasteiger partial charge in [0.15, 0.2) is 9.84 Å². The van der Waals surface area contributed by atoms with Crippen molar-refractivity contribution in [2.24, 2.45) is 5.73 Å². The van der Waals surface area contributed by atoms with Gasteiger partial charge in [0, 0.05) is 24.4 Å². The normalized spacial score (nSPS) is 20.1. The molecule has 0 unspecified atom stereocenters. The molecular weight excluding hydrogens is 200 g/mol. The monoisotopic (exact) mass is 214 g/mol. The van der Waals surface area contributed by atoms with Crippen molar-refractivity contribution in [1.29, 1.82) is 0 Å². The third kappa shape index (κ3) is 1.83. The molecule has 0 aromatic carbocycles. The molecule has 4 nitrogen and oxygen atoms in total. The first-order valence-electron chi connectivity index (χ1n) is 4.71. The van der Waals surface area contributed by atoms with Crippen molar-refractivity contribution in [2.75, 3.05) is 11.5 Å². The first-order chi connectivity index (χ1) is 6.61. The third-order valence-electron chi connectivity index (χ3n) is 2.61. The van der Waals surface area contributed by atoms with E-state index in [1.807, 2.05) is 6.07 Å². The van der Waals surface area contributed by atoms with Gasteiger partial charge in [0.25, 0.3) is 0 Å². The van der Waals surface area contributed by atoms with Crippen molar-refractivity contribution in [3.8, 4) is 0 Å². The largest absolute Gasteiger partial charge is 0.361 e. The van der Waals surface area contributed by atoms with E-state index in [1.165, 1.54) is 0 Å². The van der Waals surface area contributed by atoms with Crippen LogP contribution >= 0.6 is 0 Å². The number of nitrogens with one attached hydrogen (secondary N) is 1. The highest BCUT2D eigenvalue weighted by atomic mass is 32.2. The molecule has 1 aliphatic heterocycles. The van der Waals surface area contributed by atoms with Crippen LogP contribution in [-0.4, -0.2) is 24.9 Å². The molecule has 0 saturated heterocycles. The van der Waals surface area contributed by atoms with Gasteiger partial charge in [0.1, 0.15) is 0 Å². The summed E-state index contributed by atoms with van der Waals surface area (Å²) in [6, 6.07) is 1.98. The number of hydrogen-bond acceptors (Lipinski definition) is 3. The van der Waals surface area contributed by atoms with E-state index in [0.717, 1.165) is 17.0 Å². The van der Waals surface area contributed by atoms with Crippen LogP contribution in [0.15, 0.2) is 6.07 Å². The van der Waals surface area contributed by atoms with Crippen molar-refractivity contribution >= 4 is 9.84 Å². The van der Waals surface area contributed by atoms with Gasteiger partial charge in [-0.05, 0) is 18.1 Å². The van der Waals surface area contributed by atoms with Crippen molar-refractivity contribution in [2.45, 2.75) is 19.4 Å². The van der Waals surface area contributed by atoms with Crippen LogP contribution in [0.1, 0.15) is 17.0 Å². The van der Waals surface area contributed by atoms with Crippen molar-refractivity contribution < 1.29 is 8.42 Å². The molecule has 0 amide bonds. The molecule has 0 aliphatic carbocycles. The number of nitrogens with two attached hydrogens (primary N) is 1. The molecule has 5 heteroatoms. The quantitative estimate of drug-likeness (QED) is 0.690. The first kappa shape index (κ1) is 9.73. The Morgan fingerprint density at radius 3 is 2.79 bits per heavy atom. The summed E-state index contributed by atoms with van der Waals surface area (Å²) in [5, 5.41) is 0. The molecule has 78 valence electrons. The second-order valence-electron chi connectivity index (χ2n) is 3.65. The minimum absolute atomic E-state index is 0.254. The average Bonchev–Trinajstić information content (AvgIpc) is 2.49. The molecule has 1 aromatic heterocycles. The molecule has 2 heterocycles. The van der Waals surface area contributed by atoms with Crippen LogP contribution in [0.3, 0.4) is 0 Å². The molecule has 1 aromatic rings. The molecule has 0 bridgehead atoms. The molecule has 14 heavy (non-hydrogen) atoms. The number of aromatic amines is 1. The predicted molar refractivity (Wildman–Crippen MR) is 54.7 cm³/mol. The topological polar surface area (TPSA) is 76.0 Å². The first-order valence-corrected chi connectivity index (χ1v) is 6.53. The highest BCUT2D eigenvalue weighted by Crippen LogP contribution is 2.17. The van der Waals surface area contributed by atoms with Crippen molar-refractivity contribution in [3.63, 3.8) is 0 Å². The number of fused-ring (bicyclic) bond motifs is 1.